The zero-order valence-corrected chi connectivity index (χ0v) is 12.5. The standard InChI is InChI=1S/2C7H13N2/c2*1-4-9-6-5-8(3)7(9)2/h2*5-6H,4H2,1-3H3/q2*+1. The molecule has 0 aliphatic heterocycles. The van der Waals surface area contributed by atoms with Gasteiger partial charge in [-0.1, -0.05) is 0 Å². The number of nitrogens with zero attached hydrogens (tertiary/aromatic N) is 4. The molecule has 0 bridgehead atoms. The fourth-order valence-corrected chi connectivity index (χ4v) is 1.87. The van der Waals surface area contributed by atoms with E-state index in [0.29, 0.717) is 0 Å². The predicted octanol–water partition coefficient (Wildman–Crippen LogP) is 1.28. The van der Waals surface area contributed by atoms with E-state index in [1.807, 2.05) is 0 Å². The van der Waals surface area contributed by atoms with Crippen LogP contribution in [-0.4, -0.2) is 9.13 Å². The molecule has 0 N–H and O–H groups in total. The van der Waals surface area contributed by atoms with Gasteiger partial charge in [0, 0.05) is 13.8 Å². The van der Waals surface area contributed by atoms with E-state index in [0.717, 1.165) is 13.1 Å². The van der Waals surface area contributed by atoms with Crippen molar-refractivity contribution < 1.29 is 9.13 Å². The molecule has 0 aliphatic carbocycles. The van der Waals surface area contributed by atoms with Crippen LogP contribution in [0.5, 0.6) is 0 Å². The maximum absolute atomic E-state index is 2.21. The summed E-state index contributed by atoms with van der Waals surface area (Å²) in [6.45, 7) is 10.6. The van der Waals surface area contributed by atoms with E-state index in [9.17, 15) is 0 Å². The highest BCUT2D eigenvalue weighted by Crippen LogP contribution is 1.90. The molecule has 0 fully saturated rings. The molecule has 0 spiro atoms. The number of aromatic nitrogens is 4. The average molecular weight is 250 g/mol. The Kier molecular flexibility index (Phi) is 5.13. The van der Waals surface area contributed by atoms with Crippen molar-refractivity contribution in [2.75, 3.05) is 0 Å². The van der Waals surface area contributed by atoms with Gasteiger partial charge in [0.2, 0.25) is 0 Å². The van der Waals surface area contributed by atoms with Crippen LogP contribution >= 0.6 is 0 Å². The van der Waals surface area contributed by atoms with E-state index in [1.165, 1.54) is 11.6 Å². The summed E-state index contributed by atoms with van der Waals surface area (Å²) < 4.78 is 8.65. The van der Waals surface area contributed by atoms with Gasteiger partial charge in [0.05, 0.1) is 27.2 Å². The first kappa shape index (κ1) is 14.5. The van der Waals surface area contributed by atoms with E-state index >= 15 is 0 Å². The molecule has 2 heterocycles. The molecular weight excluding hydrogens is 224 g/mol. The third-order valence-electron chi connectivity index (χ3n) is 3.47. The largest absolute Gasteiger partial charge is 0.252 e. The lowest BCUT2D eigenvalue weighted by Gasteiger charge is -1.90. The first-order valence-electron chi connectivity index (χ1n) is 6.53. The fourth-order valence-electron chi connectivity index (χ4n) is 1.87. The van der Waals surface area contributed by atoms with Crippen molar-refractivity contribution in [2.45, 2.75) is 40.8 Å². The quantitative estimate of drug-likeness (QED) is 0.715. The number of aryl methyl sites for hydroxylation is 4. The van der Waals surface area contributed by atoms with Gasteiger partial charge in [-0.05, 0) is 13.8 Å². The van der Waals surface area contributed by atoms with Gasteiger partial charge in [0.1, 0.15) is 24.8 Å². The lowest BCUT2D eigenvalue weighted by atomic mass is 10.6. The topological polar surface area (TPSA) is 17.6 Å². The zero-order chi connectivity index (χ0) is 13.7. The number of hydrogen-bond donors (Lipinski definition) is 0. The highest BCUT2D eigenvalue weighted by molar-refractivity contribution is 4.78. The van der Waals surface area contributed by atoms with Crippen molar-refractivity contribution in [1.82, 2.24) is 9.13 Å². The van der Waals surface area contributed by atoms with E-state index in [1.54, 1.807) is 0 Å². The number of imidazole rings is 2. The smallest absolute Gasteiger partial charge is 0.237 e. The van der Waals surface area contributed by atoms with Crippen molar-refractivity contribution in [3.05, 3.63) is 36.4 Å². The molecule has 0 amide bonds. The second kappa shape index (κ2) is 6.38. The molecule has 4 nitrogen and oxygen atoms in total. The molecule has 0 saturated carbocycles. The minimum Gasteiger partial charge on any atom is -0.237 e. The van der Waals surface area contributed by atoms with E-state index in [-0.39, 0.29) is 0 Å². The minimum absolute atomic E-state index is 1.06. The zero-order valence-electron chi connectivity index (χ0n) is 12.5. The molecule has 0 unspecified atom stereocenters. The average Bonchev–Trinajstić information content (AvgIpc) is 2.86. The van der Waals surface area contributed by atoms with Gasteiger partial charge < -0.3 is 0 Å². The summed E-state index contributed by atoms with van der Waals surface area (Å²) in [6.07, 6.45) is 8.32. The second-order valence-electron chi connectivity index (χ2n) is 4.48. The maximum atomic E-state index is 2.21. The normalized spacial score (nSPS) is 10.1. The highest BCUT2D eigenvalue weighted by Gasteiger charge is 2.04. The molecule has 18 heavy (non-hydrogen) atoms. The van der Waals surface area contributed by atoms with E-state index in [2.05, 4.69) is 84.8 Å². The summed E-state index contributed by atoms with van der Waals surface area (Å²) in [5.74, 6) is 2.61. The van der Waals surface area contributed by atoms with Gasteiger partial charge in [0.15, 0.2) is 0 Å². The van der Waals surface area contributed by atoms with Gasteiger partial charge in [-0.2, -0.15) is 0 Å². The molecular formula is C14H26N4+2. The molecule has 2 aromatic heterocycles. The van der Waals surface area contributed by atoms with Crippen LogP contribution in [0.4, 0.5) is 0 Å². The monoisotopic (exact) mass is 250 g/mol. The molecule has 0 radical (unpaired) electrons. The van der Waals surface area contributed by atoms with Crippen LogP contribution in [0.1, 0.15) is 25.5 Å². The molecule has 0 aliphatic rings. The third-order valence-corrected chi connectivity index (χ3v) is 3.47. The summed E-state index contributed by atoms with van der Waals surface area (Å²) >= 11 is 0. The molecule has 0 atom stereocenters. The molecule has 2 rings (SSSR count). The summed E-state index contributed by atoms with van der Waals surface area (Å²) in [6, 6.07) is 0. The van der Waals surface area contributed by atoms with E-state index in [4.69, 9.17) is 0 Å². The number of hydrogen-bond acceptors (Lipinski definition) is 0. The van der Waals surface area contributed by atoms with Gasteiger partial charge in [-0.25, -0.2) is 18.3 Å². The summed E-state index contributed by atoms with van der Waals surface area (Å²) in [7, 11) is 4.11. The summed E-state index contributed by atoms with van der Waals surface area (Å²) in [4.78, 5) is 0. The first-order valence-corrected chi connectivity index (χ1v) is 6.53. The van der Waals surface area contributed by atoms with Crippen molar-refractivity contribution in [2.24, 2.45) is 14.1 Å². The van der Waals surface area contributed by atoms with Crippen LogP contribution in [0.25, 0.3) is 0 Å². The van der Waals surface area contributed by atoms with Crippen molar-refractivity contribution >= 4 is 0 Å². The van der Waals surface area contributed by atoms with Crippen LogP contribution in [0, 0.1) is 13.8 Å². The lowest BCUT2D eigenvalue weighted by Crippen LogP contribution is -2.29. The Morgan fingerprint density at radius 2 is 1.17 bits per heavy atom. The maximum Gasteiger partial charge on any atom is 0.252 e. The fraction of sp³-hybridized carbons (Fsp3) is 0.571. The molecule has 2 aromatic rings. The predicted molar refractivity (Wildman–Crippen MR) is 72.0 cm³/mol. The SMILES string of the molecule is CCn1cc[n+](C)c1C.CCn1cc[n+](C)c1C. The van der Waals surface area contributed by atoms with Gasteiger partial charge in [-0.3, -0.25) is 0 Å². The van der Waals surface area contributed by atoms with E-state index < -0.39 is 0 Å². The molecule has 0 saturated heterocycles. The second-order valence-corrected chi connectivity index (χ2v) is 4.48. The Hall–Kier alpha value is -1.58. The number of rotatable bonds is 2. The Balaban J connectivity index is 0.000000180. The Bertz CT molecular complexity index is 448. The van der Waals surface area contributed by atoms with Gasteiger partial charge in [0.25, 0.3) is 11.6 Å². The van der Waals surface area contributed by atoms with Gasteiger partial charge in [-0.15, -0.1) is 0 Å². The molecule has 4 heteroatoms. The van der Waals surface area contributed by atoms with Crippen molar-refractivity contribution in [1.29, 1.82) is 0 Å². The van der Waals surface area contributed by atoms with Crippen LogP contribution in [0.2, 0.25) is 0 Å². The Morgan fingerprint density at radius 3 is 1.28 bits per heavy atom. The molecule has 0 aromatic carbocycles. The summed E-state index contributed by atoms with van der Waals surface area (Å²) in [5.41, 5.74) is 0. The first-order chi connectivity index (χ1) is 8.51. The van der Waals surface area contributed by atoms with Crippen molar-refractivity contribution in [3.8, 4) is 0 Å². The third kappa shape index (κ3) is 3.22. The van der Waals surface area contributed by atoms with Gasteiger partial charge >= 0.3 is 0 Å². The van der Waals surface area contributed by atoms with Crippen LogP contribution in [0.3, 0.4) is 0 Å². The van der Waals surface area contributed by atoms with Crippen molar-refractivity contribution in [3.63, 3.8) is 0 Å². The van der Waals surface area contributed by atoms with Crippen LogP contribution < -0.4 is 9.13 Å². The van der Waals surface area contributed by atoms with Crippen LogP contribution in [0.15, 0.2) is 24.8 Å². The lowest BCUT2D eigenvalue weighted by molar-refractivity contribution is -0.677. The Morgan fingerprint density at radius 1 is 0.833 bits per heavy atom. The highest BCUT2D eigenvalue weighted by atomic mass is 15.1. The summed E-state index contributed by atoms with van der Waals surface area (Å²) in [5, 5.41) is 0. The molecule has 100 valence electrons. The minimum atomic E-state index is 1.06. The van der Waals surface area contributed by atoms with Crippen LogP contribution in [-0.2, 0) is 27.2 Å². The Labute approximate surface area is 110 Å².